The summed E-state index contributed by atoms with van der Waals surface area (Å²) in [4.78, 5) is 28.9. The largest absolute Gasteiger partial charge is 0.494 e. The molecule has 4 rings (SSSR count). The number of hydrogen-bond acceptors (Lipinski definition) is 5. The number of nitrogens with one attached hydrogen (secondary N) is 1. The normalized spacial score (nSPS) is 13.6. The quantitative estimate of drug-likeness (QED) is 0.339. The van der Waals surface area contributed by atoms with Gasteiger partial charge in [0.2, 0.25) is 0 Å². The molecule has 1 N–H and O–H groups in total. The molecule has 1 heterocycles. The van der Waals surface area contributed by atoms with Gasteiger partial charge < -0.3 is 10.1 Å². The van der Waals surface area contributed by atoms with Crippen LogP contribution in [0, 0.1) is 0 Å². The third-order valence-corrected chi connectivity index (χ3v) is 6.54. The van der Waals surface area contributed by atoms with Crippen LogP contribution in [0.15, 0.2) is 82.2 Å². The average molecular weight is 520 g/mol. The molecule has 0 aliphatic carbocycles. The summed E-state index contributed by atoms with van der Waals surface area (Å²) in [6.45, 7) is 2.44. The van der Waals surface area contributed by atoms with Crippen LogP contribution in [0.2, 0.25) is 15.1 Å². The van der Waals surface area contributed by atoms with Gasteiger partial charge in [0, 0.05) is 20.6 Å². The minimum Gasteiger partial charge on any atom is -0.494 e. The average Bonchev–Trinajstić information content (AvgIpc) is 3.01. The number of imide groups is 1. The molecule has 3 aromatic rings. The SMILES string of the molecule is CCOc1ccc(NC2=C(Sc3ccc(Cl)cc3)C(=O)N(c3ccc(Cl)cc3Cl)C2=O)cc1. The zero-order valence-electron chi connectivity index (χ0n) is 17.3. The number of ether oxygens (including phenoxy) is 1. The van der Waals surface area contributed by atoms with Crippen LogP contribution in [0.1, 0.15) is 6.92 Å². The fourth-order valence-electron chi connectivity index (χ4n) is 3.16. The third kappa shape index (κ3) is 5.14. The minimum absolute atomic E-state index is 0.148. The van der Waals surface area contributed by atoms with E-state index in [1.165, 1.54) is 17.8 Å². The number of benzene rings is 3. The summed E-state index contributed by atoms with van der Waals surface area (Å²) in [6, 6.07) is 18.7. The molecular formula is C24H17Cl3N2O3S. The molecule has 33 heavy (non-hydrogen) atoms. The maximum Gasteiger partial charge on any atom is 0.283 e. The van der Waals surface area contributed by atoms with E-state index in [1.807, 2.05) is 6.92 Å². The number of carbonyl (C=O) groups is 2. The van der Waals surface area contributed by atoms with E-state index >= 15 is 0 Å². The Labute approximate surface area is 210 Å². The van der Waals surface area contributed by atoms with Crippen molar-refractivity contribution in [2.45, 2.75) is 11.8 Å². The van der Waals surface area contributed by atoms with Gasteiger partial charge >= 0.3 is 0 Å². The van der Waals surface area contributed by atoms with Gasteiger partial charge in [0.05, 0.1) is 17.3 Å². The van der Waals surface area contributed by atoms with Gasteiger partial charge in [0.1, 0.15) is 16.4 Å². The Kier molecular flexibility index (Phi) is 7.20. The number of thioether (sulfide) groups is 1. The number of halogens is 3. The van der Waals surface area contributed by atoms with Crippen LogP contribution < -0.4 is 15.0 Å². The molecule has 0 spiro atoms. The van der Waals surface area contributed by atoms with Gasteiger partial charge in [-0.2, -0.15) is 0 Å². The highest BCUT2D eigenvalue weighted by molar-refractivity contribution is 8.04. The molecule has 0 aromatic heterocycles. The topological polar surface area (TPSA) is 58.6 Å². The molecule has 3 aromatic carbocycles. The van der Waals surface area contributed by atoms with Crippen molar-refractivity contribution in [2.75, 3.05) is 16.8 Å². The first-order valence-electron chi connectivity index (χ1n) is 9.88. The van der Waals surface area contributed by atoms with Gasteiger partial charge in [-0.15, -0.1) is 0 Å². The van der Waals surface area contributed by atoms with Crippen molar-refractivity contribution in [3.8, 4) is 5.75 Å². The number of nitrogens with zero attached hydrogens (tertiary/aromatic N) is 1. The van der Waals surface area contributed by atoms with Crippen LogP contribution in [0.3, 0.4) is 0 Å². The summed E-state index contributed by atoms with van der Waals surface area (Å²) in [6.07, 6.45) is 0. The molecule has 9 heteroatoms. The standard InChI is InChI=1S/C24H17Cl3N2O3S/c1-2-32-17-8-6-16(7-9-17)28-21-22(33-18-10-3-14(25)4-11-18)24(31)29(23(21)30)20-12-5-15(26)13-19(20)27/h3-13,28H,2H2,1H3. The van der Waals surface area contributed by atoms with Gasteiger partial charge in [-0.1, -0.05) is 46.6 Å². The van der Waals surface area contributed by atoms with Gasteiger partial charge in [-0.05, 0) is 73.7 Å². The van der Waals surface area contributed by atoms with Crippen LogP contribution in [0.4, 0.5) is 11.4 Å². The molecule has 168 valence electrons. The summed E-state index contributed by atoms with van der Waals surface area (Å²) < 4.78 is 5.47. The predicted molar refractivity (Wildman–Crippen MR) is 135 cm³/mol. The van der Waals surface area contributed by atoms with Gasteiger partial charge in [-0.25, -0.2) is 4.90 Å². The highest BCUT2D eigenvalue weighted by Crippen LogP contribution is 2.40. The maximum atomic E-state index is 13.4. The molecule has 5 nitrogen and oxygen atoms in total. The molecular weight excluding hydrogens is 503 g/mol. The van der Waals surface area contributed by atoms with Crippen molar-refractivity contribution in [3.05, 3.63) is 92.4 Å². The van der Waals surface area contributed by atoms with Crippen molar-refractivity contribution in [3.63, 3.8) is 0 Å². The number of hydrogen-bond donors (Lipinski definition) is 1. The lowest BCUT2D eigenvalue weighted by atomic mass is 10.2. The second-order valence-electron chi connectivity index (χ2n) is 6.88. The fourth-order valence-corrected chi connectivity index (χ4v) is 4.71. The molecule has 0 unspecified atom stereocenters. The first-order valence-corrected chi connectivity index (χ1v) is 11.8. The van der Waals surface area contributed by atoms with Crippen LogP contribution in [0.5, 0.6) is 5.75 Å². The summed E-state index contributed by atoms with van der Waals surface area (Å²) in [7, 11) is 0. The van der Waals surface area contributed by atoms with Crippen LogP contribution >= 0.6 is 46.6 Å². The van der Waals surface area contributed by atoms with E-state index in [1.54, 1.807) is 60.7 Å². The van der Waals surface area contributed by atoms with E-state index in [-0.39, 0.29) is 21.3 Å². The zero-order chi connectivity index (χ0) is 23.5. The molecule has 0 fully saturated rings. The Morgan fingerprint density at radius 1 is 0.879 bits per heavy atom. The van der Waals surface area contributed by atoms with Crippen molar-refractivity contribution in [2.24, 2.45) is 0 Å². The van der Waals surface area contributed by atoms with Gasteiger partial charge in [0.15, 0.2) is 0 Å². The summed E-state index contributed by atoms with van der Waals surface area (Å²) >= 11 is 19.5. The van der Waals surface area contributed by atoms with E-state index in [9.17, 15) is 9.59 Å². The fraction of sp³-hybridized carbons (Fsp3) is 0.0833. The summed E-state index contributed by atoms with van der Waals surface area (Å²) in [5.41, 5.74) is 1.04. The second kappa shape index (κ2) is 10.1. The van der Waals surface area contributed by atoms with Crippen molar-refractivity contribution in [1.82, 2.24) is 0 Å². The zero-order valence-corrected chi connectivity index (χ0v) is 20.4. The molecule has 0 saturated carbocycles. The van der Waals surface area contributed by atoms with Gasteiger partial charge in [-0.3, -0.25) is 9.59 Å². The smallest absolute Gasteiger partial charge is 0.283 e. The number of rotatable bonds is 7. The molecule has 0 atom stereocenters. The lowest BCUT2D eigenvalue weighted by molar-refractivity contribution is -0.120. The van der Waals surface area contributed by atoms with Crippen LogP contribution in [-0.2, 0) is 9.59 Å². The lowest BCUT2D eigenvalue weighted by Crippen LogP contribution is -2.32. The Morgan fingerprint density at radius 3 is 2.18 bits per heavy atom. The summed E-state index contributed by atoms with van der Waals surface area (Å²) in [5, 5.41) is 4.27. The monoisotopic (exact) mass is 518 g/mol. The van der Waals surface area contributed by atoms with E-state index in [0.29, 0.717) is 28.1 Å². The van der Waals surface area contributed by atoms with Crippen molar-refractivity contribution < 1.29 is 14.3 Å². The van der Waals surface area contributed by atoms with Gasteiger partial charge in [0.25, 0.3) is 11.8 Å². The van der Waals surface area contributed by atoms with Crippen molar-refractivity contribution >= 4 is 69.8 Å². The maximum absolute atomic E-state index is 13.4. The second-order valence-corrected chi connectivity index (χ2v) is 9.25. The molecule has 1 aliphatic rings. The number of carbonyl (C=O) groups excluding carboxylic acids is 2. The van der Waals surface area contributed by atoms with E-state index in [2.05, 4.69) is 5.32 Å². The van der Waals surface area contributed by atoms with E-state index in [0.717, 1.165) is 9.80 Å². The van der Waals surface area contributed by atoms with E-state index < -0.39 is 11.8 Å². The van der Waals surface area contributed by atoms with Crippen LogP contribution in [-0.4, -0.2) is 18.4 Å². The first kappa shape index (κ1) is 23.5. The third-order valence-electron chi connectivity index (χ3n) is 4.66. The molecule has 0 radical (unpaired) electrons. The highest BCUT2D eigenvalue weighted by atomic mass is 35.5. The van der Waals surface area contributed by atoms with Crippen LogP contribution in [0.25, 0.3) is 0 Å². The molecule has 1 aliphatic heterocycles. The minimum atomic E-state index is -0.519. The Hall–Kier alpha value is -2.64. The van der Waals surface area contributed by atoms with E-state index in [4.69, 9.17) is 39.5 Å². The van der Waals surface area contributed by atoms with Crippen molar-refractivity contribution in [1.29, 1.82) is 0 Å². The Bertz CT molecular complexity index is 1240. The first-order chi connectivity index (χ1) is 15.9. The number of anilines is 2. The molecule has 0 bridgehead atoms. The predicted octanol–water partition coefficient (Wildman–Crippen LogP) is 7.03. The lowest BCUT2D eigenvalue weighted by Gasteiger charge is -2.17. The Morgan fingerprint density at radius 2 is 1.55 bits per heavy atom. The number of amides is 2. The highest BCUT2D eigenvalue weighted by Gasteiger charge is 2.41. The Balaban J connectivity index is 1.72. The summed E-state index contributed by atoms with van der Waals surface area (Å²) in [5.74, 6) is -0.302. The molecule has 0 saturated heterocycles. The molecule has 2 amide bonds.